The summed E-state index contributed by atoms with van der Waals surface area (Å²) in [5, 5.41) is 24.2. The molecule has 0 saturated heterocycles. The molecule has 0 aliphatic heterocycles. The highest BCUT2D eigenvalue weighted by atomic mass is 35.5. The number of carbonyl (C=O) groups excluding carboxylic acids is 1. The Hall–Kier alpha value is -1.95. The number of amides is 1. The number of benzene rings is 2. The van der Waals surface area contributed by atoms with Crippen LogP contribution in [0, 0.1) is 0 Å². The van der Waals surface area contributed by atoms with Gasteiger partial charge in [-0.3, -0.25) is 4.79 Å². The maximum atomic E-state index is 12.0. The molecule has 0 unspecified atom stereocenters. The Labute approximate surface area is 147 Å². The summed E-state index contributed by atoms with van der Waals surface area (Å²) in [5.74, 6) is -1.09. The van der Waals surface area contributed by atoms with E-state index in [1.54, 1.807) is 6.92 Å². The zero-order valence-corrected chi connectivity index (χ0v) is 14.0. The van der Waals surface area contributed by atoms with Crippen molar-refractivity contribution in [2.45, 2.75) is 6.92 Å². The van der Waals surface area contributed by atoms with Gasteiger partial charge in [0, 0.05) is 15.6 Å². The average Bonchev–Trinajstić information content (AvgIpc) is 2.48. The summed E-state index contributed by atoms with van der Waals surface area (Å²) in [6.45, 7) is 1.56. The fraction of sp³-hybridized carbons (Fsp3) is 0.0667. The van der Waals surface area contributed by atoms with Gasteiger partial charge in [0.1, 0.15) is 11.5 Å². The monoisotopic (exact) mass is 372 g/mol. The number of hydrogen-bond acceptors (Lipinski definition) is 4. The van der Waals surface area contributed by atoms with Crippen LogP contribution in [0.5, 0.6) is 11.5 Å². The van der Waals surface area contributed by atoms with E-state index in [9.17, 15) is 15.0 Å². The summed E-state index contributed by atoms with van der Waals surface area (Å²) in [6.07, 6.45) is 0. The number of phenolic OH excluding ortho intramolecular Hbond substituents is 2. The third-order valence-corrected chi connectivity index (χ3v) is 3.69. The molecule has 1 amide bonds. The Bertz CT molecular complexity index is 807. The number of hydrogen-bond donors (Lipinski definition) is 3. The molecule has 0 fully saturated rings. The van der Waals surface area contributed by atoms with Gasteiger partial charge in [0.25, 0.3) is 5.91 Å². The van der Waals surface area contributed by atoms with Crippen molar-refractivity contribution in [2.75, 3.05) is 0 Å². The lowest BCUT2D eigenvalue weighted by molar-refractivity contribution is 0.0952. The molecule has 120 valence electrons. The Kier molecular flexibility index (Phi) is 5.36. The third-order valence-electron chi connectivity index (χ3n) is 2.95. The summed E-state index contributed by atoms with van der Waals surface area (Å²) in [4.78, 5) is 12.0. The predicted octanol–water partition coefficient (Wildman–Crippen LogP) is 4.21. The van der Waals surface area contributed by atoms with Gasteiger partial charge in [0.15, 0.2) is 0 Å². The quantitative estimate of drug-likeness (QED) is 0.557. The highest BCUT2D eigenvalue weighted by Gasteiger charge is 2.13. The molecule has 3 N–H and O–H groups in total. The standard InChI is InChI=1S/C15H11Cl3N2O3/c1-7(11-4-9(17)5-12(18)14(11)22)19-20-15(23)10-3-2-8(16)6-13(10)21/h2-6,21-22H,1H3,(H,20,23). The maximum Gasteiger partial charge on any atom is 0.275 e. The number of nitrogens with one attached hydrogen (secondary N) is 1. The molecule has 0 aliphatic rings. The Morgan fingerprint density at radius 3 is 2.39 bits per heavy atom. The number of carbonyl (C=O) groups is 1. The SMILES string of the molecule is CC(=NNC(=O)c1ccc(Cl)cc1O)c1cc(Cl)cc(Cl)c1O. The Balaban J connectivity index is 2.24. The number of rotatable bonds is 3. The van der Waals surface area contributed by atoms with Crippen LogP contribution in [0.25, 0.3) is 0 Å². The van der Waals surface area contributed by atoms with Crippen molar-refractivity contribution in [3.63, 3.8) is 0 Å². The second-order valence-electron chi connectivity index (χ2n) is 4.58. The van der Waals surface area contributed by atoms with Crippen LogP contribution in [0.3, 0.4) is 0 Å². The molecule has 0 heterocycles. The van der Waals surface area contributed by atoms with Crippen LogP contribution in [0.4, 0.5) is 0 Å². The van der Waals surface area contributed by atoms with Gasteiger partial charge < -0.3 is 10.2 Å². The van der Waals surface area contributed by atoms with Crippen molar-refractivity contribution in [1.82, 2.24) is 5.43 Å². The molecule has 8 heteroatoms. The van der Waals surface area contributed by atoms with Gasteiger partial charge in [-0.05, 0) is 37.3 Å². The molecule has 5 nitrogen and oxygen atoms in total. The Morgan fingerprint density at radius 1 is 1.04 bits per heavy atom. The minimum Gasteiger partial charge on any atom is -0.507 e. The first-order chi connectivity index (χ1) is 10.8. The highest BCUT2D eigenvalue weighted by molar-refractivity contribution is 6.36. The predicted molar refractivity (Wildman–Crippen MR) is 90.9 cm³/mol. The smallest absolute Gasteiger partial charge is 0.275 e. The molecule has 23 heavy (non-hydrogen) atoms. The van der Waals surface area contributed by atoms with Gasteiger partial charge in [-0.15, -0.1) is 0 Å². The Morgan fingerprint density at radius 2 is 1.74 bits per heavy atom. The number of nitrogens with zero attached hydrogens (tertiary/aromatic N) is 1. The van der Waals surface area contributed by atoms with Crippen molar-refractivity contribution in [2.24, 2.45) is 5.10 Å². The van der Waals surface area contributed by atoms with E-state index in [4.69, 9.17) is 34.8 Å². The van der Waals surface area contributed by atoms with Gasteiger partial charge >= 0.3 is 0 Å². The summed E-state index contributed by atoms with van der Waals surface area (Å²) in [5.41, 5.74) is 2.85. The number of phenols is 2. The summed E-state index contributed by atoms with van der Waals surface area (Å²) in [7, 11) is 0. The van der Waals surface area contributed by atoms with Crippen LogP contribution in [0.2, 0.25) is 15.1 Å². The van der Waals surface area contributed by atoms with E-state index >= 15 is 0 Å². The highest BCUT2D eigenvalue weighted by Crippen LogP contribution is 2.31. The zero-order chi connectivity index (χ0) is 17.1. The molecule has 0 spiro atoms. The first kappa shape index (κ1) is 17.4. The van der Waals surface area contributed by atoms with Crippen molar-refractivity contribution >= 4 is 46.4 Å². The van der Waals surface area contributed by atoms with Gasteiger partial charge in [-0.2, -0.15) is 5.10 Å². The first-order valence-corrected chi connectivity index (χ1v) is 7.44. The van der Waals surface area contributed by atoms with Gasteiger partial charge in [0.05, 0.1) is 16.3 Å². The van der Waals surface area contributed by atoms with Crippen molar-refractivity contribution in [3.8, 4) is 11.5 Å². The average molecular weight is 374 g/mol. The lowest BCUT2D eigenvalue weighted by atomic mass is 10.1. The van der Waals surface area contributed by atoms with Crippen LogP contribution in [0.1, 0.15) is 22.8 Å². The van der Waals surface area contributed by atoms with E-state index in [2.05, 4.69) is 10.5 Å². The molecule has 0 bridgehead atoms. The molecule has 2 aromatic carbocycles. The zero-order valence-electron chi connectivity index (χ0n) is 11.8. The maximum absolute atomic E-state index is 12.0. The minimum atomic E-state index is -0.633. The molecule has 0 saturated carbocycles. The number of halogens is 3. The third kappa shape index (κ3) is 4.07. The summed E-state index contributed by atoms with van der Waals surface area (Å²) >= 11 is 17.4. The van der Waals surface area contributed by atoms with E-state index in [0.717, 1.165) is 0 Å². The summed E-state index contributed by atoms with van der Waals surface area (Å²) < 4.78 is 0. The lowest BCUT2D eigenvalue weighted by Crippen LogP contribution is -2.19. The van der Waals surface area contributed by atoms with Crippen LogP contribution < -0.4 is 5.43 Å². The van der Waals surface area contributed by atoms with Gasteiger partial charge in [0.2, 0.25) is 0 Å². The minimum absolute atomic E-state index is 0.0132. The molecule has 2 aromatic rings. The largest absolute Gasteiger partial charge is 0.507 e. The lowest BCUT2D eigenvalue weighted by Gasteiger charge is -2.08. The van der Waals surface area contributed by atoms with Crippen molar-refractivity contribution < 1.29 is 15.0 Å². The molecule has 2 rings (SSSR count). The van der Waals surface area contributed by atoms with Crippen molar-refractivity contribution in [3.05, 3.63) is 56.5 Å². The van der Waals surface area contributed by atoms with Crippen molar-refractivity contribution in [1.29, 1.82) is 0 Å². The van der Waals surface area contributed by atoms with E-state index in [-0.39, 0.29) is 33.4 Å². The normalized spacial score (nSPS) is 11.4. The molecule has 0 aliphatic carbocycles. The van der Waals surface area contributed by atoms with Crippen LogP contribution in [0.15, 0.2) is 35.4 Å². The van der Waals surface area contributed by atoms with Gasteiger partial charge in [-0.25, -0.2) is 5.43 Å². The molecular formula is C15H11Cl3N2O3. The second-order valence-corrected chi connectivity index (χ2v) is 5.86. The fourth-order valence-electron chi connectivity index (χ4n) is 1.79. The molecule has 0 radical (unpaired) electrons. The molecule has 0 aromatic heterocycles. The van der Waals surface area contributed by atoms with Crippen LogP contribution >= 0.6 is 34.8 Å². The molecular weight excluding hydrogens is 363 g/mol. The number of hydrazone groups is 1. The summed E-state index contributed by atoms with van der Waals surface area (Å²) in [6, 6.07) is 6.93. The number of aromatic hydroxyl groups is 2. The first-order valence-electron chi connectivity index (χ1n) is 6.31. The van der Waals surface area contributed by atoms with Gasteiger partial charge in [-0.1, -0.05) is 34.8 Å². The van der Waals surface area contributed by atoms with E-state index in [0.29, 0.717) is 10.0 Å². The topological polar surface area (TPSA) is 81.9 Å². The second kappa shape index (κ2) is 7.08. The van der Waals surface area contributed by atoms with Crippen LogP contribution in [-0.2, 0) is 0 Å². The fourth-order valence-corrected chi connectivity index (χ4v) is 2.45. The van der Waals surface area contributed by atoms with Crippen LogP contribution in [-0.4, -0.2) is 21.8 Å². The van der Waals surface area contributed by atoms with E-state index < -0.39 is 5.91 Å². The van der Waals surface area contributed by atoms with E-state index in [1.807, 2.05) is 0 Å². The van der Waals surface area contributed by atoms with E-state index in [1.165, 1.54) is 30.3 Å². The molecule has 0 atom stereocenters.